The molecule has 2 heterocycles. The molecule has 0 aliphatic carbocycles. The first-order chi connectivity index (χ1) is 10.4. The predicted molar refractivity (Wildman–Crippen MR) is 83.7 cm³/mol. The first kappa shape index (κ1) is 17.2. The van der Waals surface area contributed by atoms with Gasteiger partial charge in [-0.15, -0.1) is 0 Å². The number of nitrogens with zero attached hydrogens (tertiary/aromatic N) is 1. The molecule has 5 nitrogen and oxygen atoms in total. The summed E-state index contributed by atoms with van der Waals surface area (Å²) < 4.78 is 15.9. The third-order valence-electron chi connectivity index (χ3n) is 4.66. The smallest absolute Gasteiger partial charge is 0.0701 e. The fourth-order valence-electron chi connectivity index (χ4n) is 3.35. The van der Waals surface area contributed by atoms with E-state index in [2.05, 4.69) is 10.2 Å². The summed E-state index contributed by atoms with van der Waals surface area (Å²) in [6.07, 6.45) is 5.44. The van der Waals surface area contributed by atoms with Crippen molar-refractivity contribution in [2.75, 3.05) is 66.3 Å². The van der Waals surface area contributed by atoms with E-state index in [0.29, 0.717) is 26.4 Å². The maximum Gasteiger partial charge on any atom is 0.0701 e. The molecule has 1 N–H and O–H groups in total. The van der Waals surface area contributed by atoms with Crippen LogP contribution in [0, 0.1) is 5.92 Å². The zero-order valence-corrected chi connectivity index (χ0v) is 13.5. The summed E-state index contributed by atoms with van der Waals surface area (Å²) in [4.78, 5) is 2.54. The highest BCUT2D eigenvalue weighted by molar-refractivity contribution is 4.85. The highest BCUT2D eigenvalue weighted by Gasteiger charge is 2.27. The summed E-state index contributed by atoms with van der Waals surface area (Å²) in [7, 11) is 1.69. The van der Waals surface area contributed by atoms with Crippen molar-refractivity contribution in [1.29, 1.82) is 0 Å². The first-order valence-electron chi connectivity index (χ1n) is 8.50. The predicted octanol–water partition coefficient (Wildman–Crippen LogP) is 1.13. The Morgan fingerprint density at radius 3 is 2.33 bits per heavy atom. The van der Waals surface area contributed by atoms with Crippen molar-refractivity contribution in [2.45, 2.75) is 31.7 Å². The minimum absolute atomic E-state index is 0.655. The van der Waals surface area contributed by atoms with Crippen LogP contribution in [0.2, 0.25) is 0 Å². The van der Waals surface area contributed by atoms with E-state index >= 15 is 0 Å². The molecule has 0 amide bonds. The van der Waals surface area contributed by atoms with Gasteiger partial charge in [0.2, 0.25) is 0 Å². The average Bonchev–Trinajstić information content (AvgIpc) is 3.05. The van der Waals surface area contributed by atoms with E-state index in [1.54, 1.807) is 7.11 Å². The molecule has 0 aromatic rings. The Morgan fingerprint density at radius 2 is 1.67 bits per heavy atom. The average molecular weight is 300 g/mol. The van der Waals surface area contributed by atoms with Crippen molar-refractivity contribution in [3.05, 3.63) is 0 Å². The molecule has 1 atom stereocenters. The molecule has 5 heteroatoms. The Bertz CT molecular complexity index is 252. The Kier molecular flexibility index (Phi) is 8.59. The number of piperidine rings is 1. The van der Waals surface area contributed by atoms with Crippen LogP contribution in [0.25, 0.3) is 0 Å². The summed E-state index contributed by atoms with van der Waals surface area (Å²) in [5.41, 5.74) is 0. The number of hydrogen-bond acceptors (Lipinski definition) is 5. The molecule has 2 aliphatic heterocycles. The number of nitrogens with one attached hydrogen (secondary N) is 1. The Labute approximate surface area is 129 Å². The quantitative estimate of drug-likeness (QED) is 0.613. The highest BCUT2D eigenvalue weighted by Crippen LogP contribution is 2.25. The van der Waals surface area contributed by atoms with Crippen molar-refractivity contribution < 1.29 is 14.2 Å². The van der Waals surface area contributed by atoms with Crippen LogP contribution in [-0.2, 0) is 14.2 Å². The van der Waals surface area contributed by atoms with Gasteiger partial charge in [0.15, 0.2) is 0 Å². The van der Waals surface area contributed by atoms with Crippen LogP contribution in [-0.4, -0.2) is 77.3 Å². The second-order valence-electron chi connectivity index (χ2n) is 6.10. The van der Waals surface area contributed by atoms with Gasteiger partial charge in [0.25, 0.3) is 0 Å². The largest absolute Gasteiger partial charge is 0.382 e. The van der Waals surface area contributed by atoms with Crippen molar-refractivity contribution in [1.82, 2.24) is 10.2 Å². The number of rotatable bonds is 10. The molecule has 124 valence electrons. The van der Waals surface area contributed by atoms with E-state index in [9.17, 15) is 0 Å². The van der Waals surface area contributed by atoms with Gasteiger partial charge in [-0.2, -0.15) is 0 Å². The second kappa shape index (κ2) is 10.5. The van der Waals surface area contributed by atoms with Gasteiger partial charge in [0.1, 0.15) is 0 Å². The zero-order chi connectivity index (χ0) is 14.8. The summed E-state index contributed by atoms with van der Waals surface area (Å²) in [6.45, 7) is 8.24. The lowest BCUT2D eigenvalue weighted by Crippen LogP contribution is -2.41. The Balaban J connectivity index is 1.42. The van der Waals surface area contributed by atoms with Crippen LogP contribution < -0.4 is 5.32 Å². The third kappa shape index (κ3) is 6.61. The van der Waals surface area contributed by atoms with Gasteiger partial charge in [-0.25, -0.2) is 0 Å². The molecule has 2 aliphatic rings. The van der Waals surface area contributed by atoms with Crippen LogP contribution in [0.3, 0.4) is 0 Å². The van der Waals surface area contributed by atoms with E-state index in [1.165, 1.54) is 45.3 Å². The van der Waals surface area contributed by atoms with E-state index < -0.39 is 0 Å². The molecule has 1 unspecified atom stereocenters. The van der Waals surface area contributed by atoms with Gasteiger partial charge < -0.3 is 24.4 Å². The maximum atomic E-state index is 5.62. The number of ether oxygens (including phenoxy) is 3. The van der Waals surface area contributed by atoms with Gasteiger partial charge >= 0.3 is 0 Å². The summed E-state index contributed by atoms with van der Waals surface area (Å²) in [6, 6.07) is 0.799. The fraction of sp³-hybridized carbons (Fsp3) is 1.00. The molecule has 2 saturated heterocycles. The van der Waals surface area contributed by atoms with E-state index in [4.69, 9.17) is 14.2 Å². The van der Waals surface area contributed by atoms with Crippen molar-refractivity contribution in [3.63, 3.8) is 0 Å². The highest BCUT2D eigenvalue weighted by atomic mass is 16.5. The van der Waals surface area contributed by atoms with Gasteiger partial charge in [0, 0.05) is 19.7 Å². The zero-order valence-electron chi connectivity index (χ0n) is 13.5. The Hall–Kier alpha value is -0.200. The second-order valence-corrected chi connectivity index (χ2v) is 6.10. The van der Waals surface area contributed by atoms with E-state index in [1.807, 2.05) is 0 Å². The molecule has 0 aromatic carbocycles. The van der Waals surface area contributed by atoms with Crippen LogP contribution in [0.5, 0.6) is 0 Å². The first-order valence-corrected chi connectivity index (χ1v) is 8.50. The lowest BCUT2D eigenvalue weighted by atomic mass is 9.88. The number of hydrogen-bond donors (Lipinski definition) is 1. The monoisotopic (exact) mass is 300 g/mol. The summed E-state index contributed by atoms with van der Waals surface area (Å²) in [5, 5.41) is 3.66. The summed E-state index contributed by atoms with van der Waals surface area (Å²) >= 11 is 0. The molecule has 0 bridgehead atoms. The third-order valence-corrected chi connectivity index (χ3v) is 4.66. The lowest BCUT2D eigenvalue weighted by Gasteiger charge is -2.34. The summed E-state index contributed by atoms with van der Waals surface area (Å²) in [5.74, 6) is 0.902. The minimum atomic E-state index is 0.655. The van der Waals surface area contributed by atoms with Gasteiger partial charge in [-0.1, -0.05) is 0 Å². The van der Waals surface area contributed by atoms with Crippen LogP contribution in [0.4, 0.5) is 0 Å². The maximum absolute atomic E-state index is 5.62. The molecule has 0 radical (unpaired) electrons. The SMILES string of the molecule is COCCOCCOCCN1CCC(C2CCCN2)CC1. The van der Waals surface area contributed by atoms with Gasteiger partial charge in [0.05, 0.1) is 33.0 Å². The van der Waals surface area contributed by atoms with Crippen LogP contribution in [0.1, 0.15) is 25.7 Å². The molecule has 0 aromatic heterocycles. The van der Waals surface area contributed by atoms with Crippen molar-refractivity contribution in [3.8, 4) is 0 Å². The van der Waals surface area contributed by atoms with Gasteiger partial charge in [-0.3, -0.25) is 0 Å². The molecular weight excluding hydrogens is 268 g/mol. The van der Waals surface area contributed by atoms with Crippen molar-refractivity contribution in [2.24, 2.45) is 5.92 Å². The molecule has 0 saturated carbocycles. The molecule has 2 rings (SSSR count). The Morgan fingerprint density at radius 1 is 0.952 bits per heavy atom. The fourth-order valence-corrected chi connectivity index (χ4v) is 3.35. The molecule has 0 spiro atoms. The number of likely N-dealkylation sites (tertiary alicyclic amines) is 1. The van der Waals surface area contributed by atoms with Crippen LogP contribution >= 0.6 is 0 Å². The minimum Gasteiger partial charge on any atom is -0.382 e. The standard InChI is InChI=1S/C16H32N2O3/c1-19-11-12-21-14-13-20-10-9-18-7-4-15(5-8-18)16-3-2-6-17-16/h15-17H,2-14H2,1H3. The van der Waals surface area contributed by atoms with E-state index in [0.717, 1.165) is 25.1 Å². The normalized spacial score (nSPS) is 24.7. The van der Waals surface area contributed by atoms with Gasteiger partial charge in [-0.05, 0) is 51.2 Å². The van der Waals surface area contributed by atoms with E-state index in [-0.39, 0.29) is 0 Å². The molecule has 2 fully saturated rings. The van der Waals surface area contributed by atoms with Crippen LogP contribution in [0.15, 0.2) is 0 Å². The molecule has 21 heavy (non-hydrogen) atoms. The topological polar surface area (TPSA) is 43.0 Å². The number of methoxy groups -OCH3 is 1. The molecular formula is C16H32N2O3. The van der Waals surface area contributed by atoms with Crippen molar-refractivity contribution >= 4 is 0 Å². The lowest BCUT2D eigenvalue weighted by molar-refractivity contribution is 0.0169.